The zero-order valence-electron chi connectivity index (χ0n) is 10.8. The van der Waals surface area contributed by atoms with Gasteiger partial charge >= 0.3 is 5.97 Å². The summed E-state index contributed by atoms with van der Waals surface area (Å²) in [6.07, 6.45) is 4.29. The van der Waals surface area contributed by atoms with Crippen molar-refractivity contribution in [2.24, 2.45) is 9.98 Å². The maximum atomic E-state index is 10.7. The Balaban J connectivity index is 2.54. The average Bonchev–Trinajstić information content (AvgIpc) is 2.43. The van der Waals surface area contributed by atoms with Crippen LogP contribution in [-0.2, 0) is 6.42 Å². The van der Waals surface area contributed by atoms with Crippen LogP contribution in [0.3, 0.4) is 0 Å². The predicted molar refractivity (Wildman–Crippen MR) is 76.9 cm³/mol. The molecular weight excluding hydrogens is 242 g/mol. The molecule has 5 nitrogen and oxygen atoms in total. The van der Waals surface area contributed by atoms with Crippen molar-refractivity contribution in [2.75, 3.05) is 6.54 Å². The number of hydrogen-bond donors (Lipinski definition) is 2. The first-order chi connectivity index (χ1) is 9.17. The Labute approximate surface area is 112 Å². The van der Waals surface area contributed by atoms with E-state index in [4.69, 9.17) is 5.11 Å². The fourth-order valence-electron chi connectivity index (χ4n) is 1.40. The van der Waals surface area contributed by atoms with Crippen LogP contribution in [0.15, 0.2) is 46.5 Å². The zero-order valence-corrected chi connectivity index (χ0v) is 10.8. The van der Waals surface area contributed by atoms with Gasteiger partial charge in [-0.15, -0.1) is 0 Å². The summed E-state index contributed by atoms with van der Waals surface area (Å²) in [6, 6.07) is 6.76. The largest absolute Gasteiger partial charge is 0.478 e. The van der Waals surface area contributed by atoms with Gasteiger partial charge in [0.05, 0.1) is 5.56 Å². The highest BCUT2D eigenvalue weighted by Crippen LogP contribution is 2.05. The summed E-state index contributed by atoms with van der Waals surface area (Å²) < 4.78 is 0. The van der Waals surface area contributed by atoms with Crippen LogP contribution < -0.4 is 5.32 Å². The van der Waals surface area contributed by atoms with E-state index in [0.29, 0.717) is 12.5 Å². The molecule has 1 aromatic carbocycles. The first-order valence-corrected chi connectivity index (χ1v) is 5.88. The summed E-state index contributed by atoms with van der Waals surface area (Å²) >= 11 is 0. The van der Waals surface area contributed by atoms with Gasteiger partial charge in [0.1, 0.15) is 0 Å². The van der Waals surface area contributed by atoms with Crippen LogP contribution in [0.4, 0.5) is 0 Å². The molecule has 0 aliphatic rings. The first kappa shape index (κ1) is 14.6. The molecule has 0 amide bonds. The molecule has 0 aliphatic heterocycles. The molecule has 0 aliphatic carbocycles. The van der Waals surface area contributed by atoms with E-state index in [1.165, 1.54) is 0 Å². The number of aliphatic imine (C=N–C) groups is 2. The molecule has 0 heterocycles. The summed E-state index contributed by atoms with van der Waals surface area (Å²) in [6.45, 7) is 5.88. The molecule has 1 rings (SSSR count). The van der Waals surface area contributed by atoms with E-state index in [0.717, 1.165) is 12.0 Å². The van der Waals surface area contributed by atoms with Crippen molar-refractivity contribution in [1.82, 2.24) is 5.32 Å². The molecule has 0 bridgehead atoms. The number of nitrogens with one attached hydrogen (secondary N) is 1. The van der Waals surface area contributed by atoms with Gasteiger partial charge in [0.25, 0.3) is 0 Å². The average molecular weight is 259 g/mol. The van der Waals surface area contributed by atoms with Crippen LogP contribution in [0, 0.1) is 0 Å². The third-order valence-corrected chi connectivity index (χ3v) is 2.39. The van der Waals surface area contributed by atoms with Crippen molar-refractivity contribution in [3.05, 3.63) is 47.7 Å². The minimum absolute atomic E-state index is 0.287. The van der Waals surface area contributed by atoms with Gasteiger partial charge in [0.2, 0.25) is 5.96 Å². The highest BCUT2D eigenvalue weighted by atomic mass is 16.4. The van der Waals surface area contributed by atoms with Crippen molar-refractivity contribution < 1.29 is 9.90 Å². The molecule has 0 atom stereocenters. The smallest absolute Gasteiger partial charge is 0.335 e. The van der Waals surface area contributed by atoms with Crippen LogP contribution in [0.5, 0.6) is 0 Å². The Morgan fingerprint density at radius 1 is 1.42 bits per heavy atom. The summed E-state index contributed by atoms with van der Waals surface area (Å²) in [5, 5.41) is 11.7. The summed E-state index contributed by atoms with van der Waals surface area (Å²) in [5.74, 6) is -0.446. The fourth-order valence-corrected chi connectivity index (χ4v) is 1.40. The number of carboxylic acids is 1. The molecule has 0 unspecified atom stereocenters. The lowest BCUT2D eigenvalue weighted by atomic mass is 10.1. The van der Waals surface area contributed by atoms with Crippen LogP contribution >= 0.6 is 0 Å². The minimum atomic E-state index is -0.918. The third-order valence-electron chi connectivity index (χ3n) is 2.39. The number of allylic oxidation sites excluding steroid dienone is 1. The number of carbonyl (C=O) groups is 1. The number of carboxylic acid groups (broad SMARTS) is 1. The van der Waals surface area contributed by atoms with Crippen molar-refractivity contribution >= 4 is 18.6 Å². The maximum Gasteiger partial charge on any atom is 0.335 e. The van der Waals surface area contributed by atoms with Gasteiger partial charge in [0.15, 0.2) is 0 Å². The number of aromatic carboxylic acids is 1. The summed E-state index contributed by atoms with van der Waals surface area (Å²) in [4.78, 5) is 18.7. The van der Waals surface area contributed by atoms with Gasteiger partial charge in [-0.1, -0.05) is 18.2 Å². The number of rotatable bonds is 5. The zero-order chi connectivity index (χ0) is 14.1. The summed E-state index contributed by atoms with van der Waals surface area (Å²) in [5.41, 5.74) is 1.32. The van der Waals surface area contributed by atoms with Crippen LogP contribution in [-0.4, -0.2) is 30.3 Å². The topological polar surface area (TPSA) is 74.0 Å². The van der Waals surface area contributed by atoms with Crippen molar-refractivity contribution in [1.29, 1.82) is 0 Å². The molecule has 0 fully saturated rings. The second kappa shape index (κ2) is 7.81. The van der Waals surface area contributed by atoms with E-state index < -0.39 is 5.97 Å². The van der Waals surface area contributed by atoms with Crippen molar-refractivity contribution in [3.8, 4) is 0 Å². The number of nitrogens with zero attached hydrogens (tertiary/aromatic N) is 2. The second-order valence-electron chi connectivity index (χ2n) is 3.76. The maximum absolute atomic E-state index is 10.7. The van der Waals surface area contributed by atoms with Gasteiger partial charge in [-0.2, -0.15) is 0 Å². The molecule has 100 valence electrons. The molecule has 0 radical (unpaired) electrons. The molecule has 0 aromatic heterocycles. The van der Waals surface area contributed by atoms with E-state index in [1.807, 2.05) is 13.0 Å². The Kier molecular flexibility index (Phi) is 6.02. The Bertz CT molecular complexity index is 490. The van der Waals surface area contributed by atoms with E-state index >= 15 is 0 Å². The Morgan fingerprint density at radius 3 is 2.63 bits per heavy atom. The fraction of sp³-hybridized carbons (Fsp3) is 0.214. The van der Waals surface area contributed by atoms with Crippen LogP contribution in [0.1, 0.15) is 22.8 Å². The van der Waals surface area contributed by atoms with Gasteiger partial charge < -0.3 is 10.4 Å². The van der Waals surface area contributed by atoms with E-state index in [2.05, 4.69) is 22.0 Å². The molecule has 1 aromatic rings. The molecule has 0 spiro atoms. The molecule has 0 saturated heterocycles. The normalized spacial score (nSPS) is 11.5. The third kappa shape index (κ3) is 5.16. The highest BCUT2D eigenvalue weighted by molar-refractivity contribution is 5.87. The van der Waals surface area contributed by atoms with Crippen molar-refractivity contribution in [2.45, 2.75) is 13.3 Å². The predicted octanol–water partition coefficient (Wildman–Crippen LogP) is 2.11. The summed E-state index contributed by atoms with van der Waals surface area (Å²) in [7, 11) is 0. The van der Waals surface area contributed by atoms with Crippen LogP contribution in [0.25, 0.3) is 0 Å². The Morgan fingerprint density at radius 2 is 2.11 bits per heavy atom. The van der Waals surface area contributed by atoms with Crippen molar-refractivity contribution in [3.63, 3.8) is 0 Å². The second-order valence-corrected chi connectivity index (χ2v) is 3.76. The van der Waals surface area contributed by atoms with Gasteiger partial charge in [0, 0.05) is 6.54 Å². The Hall–Kier alpha value is -2.43. The molecular formula is C14H17N3O2. The molecule has 5 heteroatoms. The number of hydrogen-bond acceptors (Lipinski definition) is 2. The van der Waals surface area contributed by atoms with Gasteiger partial charge in [-0.25, -0.2) is 9.79 Å². The first-order valence-electron chi connectivity index (χ1n) is 5.88. The number of benzene rings is 1. The molecule has 19 heavy (non-hydrogen) atoms. The standard InChI is InChI=1S/C14H17N3O2/c1-3-9-16-14(15-2)17-10-8-11-4-6-12(7-5-11)13(18)19/h3-7,9H,2,8,10H2,1H3,(H,16,17)(H,18,19)/b9-3-. The van der Waals surface area contributed by atoms with E-state index in [-0.39, 0.29) is 5.56 Å². The van der Waals surface area contributed by atoms with E-state index in [9.17, 15) is 4.79 Å². The van der Waals surface area contributed by atoms with Gasteiger partial charge in [-0.3, -0.25) is 4.99 Å². The van der Waals surface area contributed by atoms with Gasteiger partial charge in [-0.05, 0) is 44.0 Å². The monoisotopic (exact) mass is 259 g/mol. The molecule has 0 saturated carbocycles. The lowest BCUT2D eigenvalue weighted by molar-refractivity contribution is 0.0697. The highest BCUT2D eigenvalue weighted by Gasteiger charge is 2.01. The lowest BCUT2D eigenvalue weighted by Crippen LogP contribution is -2.15. The van der Waals surface area contributed by atoms with Crippen LogP contribution in [0.2, 0.25) is 0 Å². The molecule has 2 N–H and O–H groups in total. The SMILES string of the molecule is C=NC(=NCCc1ccc(C(=O)O)cc1)N/C=C\C. The quantitative estimate of drug-likeness (QED) is 0.628. The lowest BCUT2D eigenvalue weighted by Gasteiger charge is -2.01. The van der Waals surface area contributed by atoms with E-state index in [1.54, 1.807) is 30.5 Å². The minimum Gasteiger partial charge on any atom is -0.478 e. The number of guanidine groups is 1.